The van der Waals surface area contributed by atoms with E-state index in [1.54, 1.807) is 13.0 Å². The third kappa shape index (κ3) is 2.67. The molecule has 2 aromatic carbocycles. The van der Waals surface area contributed by atoms with E-state index in [-0.39, 0.29) is 11.1 Å². The number of aldehydes is 1. The maximum atomic E-state index is 13.9. The van der Waals surface area contributed by atoms with Gasteiger partial charge in [-0.1, -0.05) is 19.1 Å². The normalized spacial score (nSPS) is 12.2. The molecule has 19 heavy (non-hydrogen) atoms. The number of carbonyl (C=O) groups is 1. The summed E-state index contributed by atoms with van der Waals surface area (Å²) >= 11 is 0. The zero-order valence-corrected chi connectivity index (χ0v) is 10.2. The van der Waals surface area contributed by atoms with Crippen LogP contribution in [0.25, 0.3) is 11.1 Å². The average Bonchev–Trinajstić information content (AvgIpc) is 2.38. The Hall–Kier alpha value is -2.10. The third-order valence-electron chi connectivity index (χ3n) is 2.94. The highest BCUT2D eigenvalue weighted by Crippen LogP contribution is 2.28. The van der Waals surface area contributed by atoms with E-state index < -0.39 is 23.4 Å². The van der Waals surface area contributed by atoms with Crippen LogP contribution in [0.3, 0.4) is 0 Å². The summed E-state index contributed by atoms with van der Waals surface area (Å²) in [4.78, 5) is 10.6. The predicted octanol–water partition coefficient (Wildman–Crippen LogP) is 4.07. The zero-order valence-electron chi connectivity index (χ0n) is 10.2. The summed E-state index contributed by atoms with van der Waals surface area (Å²) in [6.07, 6.45) is 0.701. The number of carbonyl (C=O) groups excluding carboxylic acids is 1. The van der Waals surface area contributed by atoms with Gasteiger partial charge in [0.15, 0.2) is 0 Å². The number of rotatable bonds is 3. The van der Waals surface area contributed by atoms with Gasteiger partial charge in [0.1, 0.15) is 23.7 Å². The topological polar surface area (TPSA) is 17.1 Å². The molecule has 0 radical (unpaired) electrons. The van der Waals surface area contributed by atoms with Crippen LogP contribution >= 0.6 is 0 Å². The SMILES string of the molecule is CC(C=O)c1ccc(-c2ccc(F)cc2F)c(F)c1. The van der Waals surface area contributed by atoms with Gasteiger partial charge in [0, 0.05) is 23.1 Å². The van der Waals surface area contributed by atoms with E-state index in [0.717, 1.165) is 6.07 Å². The Morgan fingerprint density at radius 1 is 0.947 bits per heavy atom. The van der Waals surface area contributed by atoms with E-state index in [1.807, 2.05) is 0 Å². The van der Waals surface area contributed by atoms with E-state index in [2.05, 4.69) is 0 Å². The fraction of sp³-hybridized carbons (Fsp3) is 0.133. The van der Waals surface area contributed by atoms with Crippen molar-refractivity contribution in [3.63, 3.8) is 0 Å². The molecule has 0 aliphatic heterocycles. The average molecular weight is 264 g/mol. The molecule has 0 heterocycles. The Morgan fingerprint density at radius 3 is 2.05 bits per heavy atom. The Balaban J connectivity index is 2.49. The van der Waals surface area contributed by atoms with Crippen molar-refractivity contribution in [2.45, 2.75) is 12.8 Å². The Kier molecular flexibility index (Phi) is 3.69. The molecular formula is C15H11F3O. The lowest BCUT2D eigenvalue weighted by molar-refractivity contribution is -0.108. The Bertz CT molecular complexity index is 623. The van der Waals surface area contributed by atoms with E-state index in [9.17, 15) is 18.0 Å². The van der Waals surface area contributed by atoms with Crippen molar-refractivity contribution in [2.75, 3.05) is 0 Å². The Labute approximate surface area is 108 Å². The molecule has 1 atom stereocenters. The highest BCUT2D eigenvalue weighted by molar-refractivity contribution is 5.67. The van der Waals surface area contributed by atoms with Gasteiger partial charge in [-0.25, -0.2) is 13.2 Å². The summed E-state index contributed by atoms with van der Waals surface area (Å²) < 4.78 is 40.3. The second-order valence-corrected chi connectivity index (χ2v) is 4.29. The first-order chi connectivity index (χ1) is 9.02. The molecule has 0 aromatic heterocycles. The second-order valence-electron chi connectivity index (χ2n) is 4.29. The summed E-state index contributed by atoms with van der Waals surface area (Å²) in [7, 11) is 0. The quantitative estimate of drug-likeness (QED) is 0.764. The van der Waals surface area contributed by atoms with Crippen molar-refractivity contribution in [1.82, 2.24) is 0 Å². The molecule has 0 amide bonds. The fourth-order valence-electron chi connectivity index (χ4n) is 1.82. The van der Waals surface area contributed by atoms with Crippen molar-refractivity contribution in [1.29, 1.82) is 0 Å². The molecule has 0 spiro atoms. The molecule has 0 bridgehead atoms. The molecule has 2 aromatic rings. The van der Waals surface area contributed by atoms with E-state index in [4.69, 9.17) is 0 Å². The van der Waals surface area contributed by atoms with Gasteiger partial charge in [-0.15, -0.1) is 0 Å². The van der Waals surface area contributed by atoms with Gasteiger partial charge in [-0.2, -0.15) is 0 Å². The van der Waals surface area contributed by atoms with Crippen LogP contribution < -0.4 is 0 Å². The monoisotopic (exact) mass is 264 g/mol. The molecule has 1 unspecified atom stereocenters. The summed E-state index contributed by atoms with van der Waals surface area (Å²) in [5.74, 6) is -2.61. The molecule has 0 saturated heterocycles. The van der Waals surface area contributed by atoms with Crippen molar-refractivity contribution in [2.24, 2.45) is 0 Å². The van der Waals surface area contributed by atoms with E-state index in [0.29, 0.717) is 17.9 Å². The van der Waals surface area contributed by atoms with Crippen LogP contribution in [0.4, 0.5) is 13.2 Å². The molecule has 4 heteroatoms. The molecule has 0 N–H and O–H groups in total. The lowest BCUT2D eigenvalue weighted by atomic mass is 9.97. The maximum Gasteiger partial charge on any atom is 0.134 e. The zero-order chi connectivity index (χ0) is 14.0. The summed E-state index contributed by atoms with van der Waals surface area (Å²) in [6, 6.07) is 7.10. The largest absolute Gasteiger partial charge is 0.303 e. The van der Waals surface area contributed by atoms with Crippen LogP contribution in [0.2, 0.25) is 0 Å². The number of hydrogen-bond acceptors (Lipinski definition) is 1. The molecule has 1 nitrogen and oxygen atoms in total. The van der Waals surface area contributed by atoms with Gasteiger partial charge in [0.25, 0.3) is 0 Å². The first-order valence-corrected chi connectivity index (χ1v) is 5.73. The summed E-state index contributed by atoms with van der Waals surface area (Å²) in [6.45, 7) is 1.64. The van der Waals surface area contributed by atoms with Gasteiger partial charge < -0.3 is 4.79 Å². The lowest BCUT2D eigenvalue weighted by Gasteiger charge is -2.09. The summed E-state index contributed by atoms with van der Waals surface area (Å²) in [5, 5.41) is 0. The molecule has 0 aliphatic carbocycles. The van der Waals surface area contributed by atoms with E-state index in [1.165, 1.54) is 18.2 Å². The summed E-state index contributed by atoms with van der Waals surface area (Å²) in [5.41, 5.74) is 0.544. The molecule has 0 saturated carbocycles. The van der Waals surface area contributed by atoms with Gasteiger partial charge in [0.05, 0.1) is 0 Å². The minimum atomic E-state index is -0.824. The lowest BCUT2D eigenvalue weighted by Crippen LogP contribution is -1.97. The van der Waals surface area contributed by atoms with E-state index >= 15 is 0 Å². The maximum absolute atomic E-state index is 13.9. The second kappa shape index (κ2) is 5.26. The van der Waals surface area contributed by atoms with Gasteiger partial charge in [-0.05, 0) is 23.8 Å². The van der Waals surface area contributed by atoms with Gasteiger partial charge >= 0.3 is 0 Å². The smallest absolute Gasteiger partial charge is 0.134 e. The van der Waals surface area contributed by atoms with Crippen molar-refractivity contribution < 1.29 is 18.0 Å². The fourth-order valence-corrected chi connectivity index (χ4v) is 1.82. The first-order valence-electron chi connectivity index (χ1n) is 5.73. The molecule has 0 aliphatic rings. The van der Waals surface area contributed by atoms with Crippen molar-refractivity contribution >= 4 is 6.29 Å². The number of halogens is 3. The molecule has 0 fully saturated rings. The van der Waals surface area contributed by atoms with Crippen LogP contribution in [0.1, 0.15) is 18.4 Å². The van der Waals surface area contributed by atoms with Crippen LogP contribution in [0, 0.1) is 17.5 Å². The van der Waals surface area contributed by atoms with Crippen LogP contribution in [-0.2, 0) is 4.79 Å². The molecular weight excluding hydrogens is 253 g/mol. The van der Waals surface area contributed by atoms with Crippen LogP contribution in [-0.4, -0.2) is 6.29 Å². The van der Waals surface area contributed by atoms with Gasteiger partial charge in [0.2, 0.25) is 0 Å². The highest BCUT2D eigenvalue weighted by Gasteiger charge is 2.13. The standard InChI is InChI=1S/C15H11F3O/c1-9(8-19)10-2-4-12(14(17)6-10)13-5-3-11(16)7-15(13)18/h2-9H,1H3. The van der Waals surface area contributed by atoms with Gasteiger partial charge in [-0.3, -0.25) is 0 Å². The number of benzene rings is 2. The minimum Gasteiger partial charge on any atom is -0.303 e. The van der Waals surface area contributed by atoms with Crippen molar-refractivity contribution in [3.05, 3.63) is 59.4 Å². The van der Waals surface area contributed by atoms with Crippen LogP contribution in [0.15, 0.2) is 36.4 Å². The van der Waals surface area contributed by atoms with Crippen molar-refractivity contribution in [3.8, 4) is 11.1 Å². The predicted molar refractivity (Wildman–Crippen MR) is 66.2 cm³/mol. The Morgan fingerprint density at radius 2 is 1.53 bits per heavy atom. The molecule has 98 valence electrons. The first kappa shape index (κ1) is 13.3. The molecule has 2 rings (SSSR count). The van der Waals surface area contributed by atoms with Crippen LogP contribution in [0.5, 0.6) is 0 Å². The highest BCUT2D eigenvalue weighted by atomic mass is 19.1. The number of hydrogen-bond donors (Lipinski definition) is 0. The third-order valence-corrected chi connectivity index (χ3v) is 2.94. The minimum absolute atomic E-state index is 0.00999.